The van der Waals surface area contributed by atoms with Crippen LogP contribution in [0.5, 0.6) is 0 Å². The maximum Gasteiger partial charge on any atom is 0.246 e. The standard InChI is InChI=1S/C51H66N10O8/c1-32(52-3)46(64)58-40(50(68)60-28-14-24-42(60)48(66)56-38-22-12-18-34-16-6-8-20-36(34)38)30-44(62)54-26-10-5-11-27-55-45(63)31-41(59-47(65)33(2)53-4)51(69)61-29-15-25-43(61)49(67)57-39-23-13-19-35-17-7-9-21-37(35)39/h6-9,16-17,20-21,32-33,38-43,52-53H,12-15,18-19,22-26,28-31H2,1-4H3,(H,54,62)(H,55,63)(H,56,66)(H,57,67)(H,58,64)(H,59,65). The number of likely N-dealkylation sites (tertiary alicyclic amines) is 2. The molecular formula is C51H66N10O8. The number of amides is 8. The van der Waals surface area contributed by atoms with Crippen molar-refractivity contribution in [2.45, 2.75) is 139 Å². The number of carbonyl (C=O) groups excluding carboxylic acids is 8. The molecule has 69 heavy (non-hydrogen) atoms. The van der Waals surface area contributed by atoms with Gasteiger partial charge in [0.25, 0.3) is 0 Å². The molecule has 18 heteroatoms. The van der Waals surface area contributed by atoms with Gasteiger partial charge in [0.2, 0.25) is 47.3 Å². The molecule has 2 heterocycles. The minimum absolute atomic E-state index is 0.171. The van der Waals surface area contributed by atoms with Crippen LogP contribution in [-0.2, 0) is 51.2 Å². The van der Waals surface area contributed by atoms with Crippen LogP contribution in [0.2, 0.25) is 0 Å². The lowest BCUT2D eigenvalue weighted by molar-refractivity contribution is -0.143. The van der Waals surface area contributed by atoms with Crippen molar-refractivity contribution in [3.63, 3.8) is 0 Å². The summed E-state index contributed by atoms with van der Waals surface area (Å²) in [6, 6.07) is 12.7. The number of carbonyl (C=O) groups is 8. The van der Waals surface area contributed by atoms with Crippen LogP contribution in [0.1, 0.15) is 112 Å². The highest BCUT2D eigenvalue weighted by atomic mass is 16.2. The highest BCUT2D eigenvalue weighted by molar-refractivity contribution is 5.97. The molecule has 8 N–H and O–H groups in total. The molecule has 8 unspecified atom stereocenters. The van der Waals surface area contributed by atoms with E-state index in [2.05, 4.69) is 78.5 Å². The number of likely N-dealkylation sites (N-methyl/N-ethyl adjacent to an activating group) is 2. The number of hydrogen-bond donors (Lipinski definition) is 8. The van der Waals surface area contributed by atoms with Crippen molar-refractivity contribution in [2.75, 3.05) is 33.7 Å². The van der Waals surface area contributed by atoms with Gasteiger partial charge < -0.3 is 47.0 Å². The molecule has 2 aromatic carbocycles. The summed E-state index contributed by atoms with van der Waals surface area (Å²) in [7, 11) is 3.19. The van der Waals surface area contributed by atoms with Gasteiger partial charge in [0.1, 0.15) is 24.2 Å². The highest BCUT2D eigenvalue weighted by Crippen LogP contribution is 2.32. The molecule has 2 saturated heterocycles. The summed E-state index contributed by atoms with van der Waals surface area (Å²) < 4.78 is 0. The molecule has 2 aliphatic carbocycles. The number of hydrogen-bond acceptors (Lipinski definition) is 10. The Morgan fingerprint density at radius 1 is 0.609 bits per heavy atom. The SMILES string of the molecule is CNC(C)C(=O)NC(CC(=O)NC#CC#CCNC(=O)CC(NC(=O)C(C)NC)C(=O)N1CCCC1C(=O)NC1CCCc2ccccc21)C(=O)N1CCCC1C(=O)NC1CCCc2ccccc21. The Kier molecular flexibility index (Phi) is 18.7. The lowest BCUT2D eigenvalue weighted by Crippen LogP contribution is -2.56. The van der Waals surface area contributed by atoms with Crippen molar-refractivity contribution in [1.29, 1.82) is 0 Å². The molecule has 0 spiro atoms. The van der Waals surface area contributed by atoms with Gasteiger partial charge in [-0.2, -0.15) is 0 Å². The van der Waals surface area contributed by atoms with Gasteiger partial charge in [0.15, 0.2) is 0 Å². The molecule has 18 nitrogen and oxygen atoms in total. The number of fused-ring (bicyclic) bond motifs is 2. The van der Waals surface area contributed by atoms with Gasteiger partial charge in [0, 0.05) is 25.1 Å². The zero-order valence-corrected chi connectivity index (χ0v) is 40.0. The molecule has 8 amide bonds. The first-order chi connectivity index (χ1) is 33.3. The van der Waals surface area contributed by atoms with Gasteiger partial charge in [-0.25, -0.2) is 0 Å². The van der Waals surface area contributed by atoms with E-state index >= 15 is 0 Å². The Balaban J connectivity index is 1.02. The summed E-state index contributed by atoms with van der Waals surface area (Å²) >= 11 is 0. The third kappa shape index (κ3) is 13.7. The molecule has 0 bridgehead atoms. The maximum atomic E-state index is 14.0. The van der Waals surface area contributed by atoms with Crippen molar-refractivity contribution in [2.24, 2.45) is 0 Å². The molecule has 0 saturated carbocycles. The van der Waals surface area contributed by atoms with E-state index in [9.17, 15) is 38.4 Å². The van der Waals surface area contributed by atoms with E-state index in [1.807, 2.05) is 36.4 Å². The Hall–Kier alpha value is -6.76. The van der Waals surface area contributed by atoms with Gasteiger partial charge in [-0.15, -0.1) is 0 Å². The average Bonchev–Trinajstić information content (AvgIpc) is 4.07. The quantitative estimate of drug-likeness (QED) is 0.0809. The number of benzene rings is 2. The third-order valence-electron chi connectivity index (χ3n) is 13.5. The van der Waals surface area contributed by atoms with E-state index in [1.54, 1.807) is 27.9 Å². The first-order valence-corrected chi connectivity index (χ1v) is 24.2. The molecule has 2 aromatic rings. The second kappa shape index (κ2) is 25.0. The van der Waals surface area contributed by atoms with Crippen LogP contribution < -0.4 is 42.5 Å². The monoisotopic (exact) mass is 947 g/mol. The first kappa shape index (κ1) is 51.6. The predicted octanol–water partition coefficient (Wildman–Crippen LogP) is 0.518. The van der Waals surface area contributed by atoms with Crippen LogP contribution in [0, 0.1) is 23.8 Å². The fourth-order valence-corrected chi connectivity index (χ4v) is 9.46. The number of nitrogens with one attached hydrogen (secondary N) is 8. The number of rotatable bonds is 17. The molecule has 8 atom stereocenters. The van der Waals surface area contributed by atoms with Gasteiger partial charge in [0.05, 0.1) is 43.6 Å². The highest BCUT2D eigenvalue weighted by Gasteiger charge is 2.41. The lowest BCUT2D eigenvalue weighted by atomic mass is 9.87. The van der Waals surface area contributed by atoms with Crippen molar-refractivity contribution in [3.8, 4) is 23.8 Å². The molecule has 6 rings (SSSR count). The zero-order chi connectivity index (χ0) is 49.5. The van der Waals surface area contributed by atoms with Crippen LogP contribution in [-0.4, -0.2) is 127 Å². The van der Waals surface area contributed by atoms with Gasteiger partial charge in [-0.1, -0.05) is 54.5 Å². The Labute approximate surface area is 404 Å². The molecule has 0 aromatic heterocycles. The van der Waals surface area contributed by atoms with E-state index in [1.165, 1.54) is 20.9 Å². The average molecular weight is 947 g/mol. The summed E-state index contributed by atoms with van der Waals surface area (Å²) in [4.78, 5) is 111. The van der Waals surface area contributed by atoms with Crippen molar-refractivity contribution >= 4 is 47.3 Å². The van der Waals surface area contributed by atoms with E-state index in [-0.39, 0.29) is 37.0 Å². The number of nitrogens with zero attached hydrogens (tertiary/aromatic N) is 2. The first-order valence-electron chi connectivity index (χ1n) is 24.2. The summed E-state index contributed by atoms with van der Waals surface area (Å²) in [5.74, 6) is 3.77. The fraction of sp³-hybridized carbons (Fsp3) is 0.529. The molecule has 2 aliphatic heterocycles. The smallest absolute Gasteiger partial charge is 0.246 e. The van der Waals surface area contributed by atoms with Crippen molar-refractivity contribution < 1.29 is 38.4 Å². The van der Waals surface area contributed by atoms with E-state index in [0.717, 1.165) is 49.7 Å². The van der Waals surface area contributed by atoms with Crippen molar-refractivity contribution in [3.05, 3.63) is 70.8 Å². The summed E-state index contributed by atoms with van der Waals surface area (Å²) in [6.07, 6.45) is 6.49. The van der Waals surface area contributed by atoms with E-state index < -0.39 is 84.5 Å². The summed E-state index contributed by atoms with van der Waals surface area (Å²) in [6.45, 7) is 3.64. The molecule has 0 radical (unpaired) electrons. The second-order valence-corrected chi connectivity index (χ2v) is 18.1. The van der Waals surface area contributed by atoms with Gasteiger partial charge >= 0.3 is 0 Å². The van der Waals surface area contributed by atoms with Gasteiger partial charge in [-0.3, -0.25) is 43.7 Å². The van der Waals surface area contributed by atoms with Gasteiger partial charge in [-0.05, 0) is 120 Å². The molecule has 2 fully saturated rings. The van der Waals surface area contributed by atoms with Crippen molar-refractivity contribution in [1.82, 2.24) is 52.3 Å². The summed E-state index contributed by atoms with van der Waals surface area (Å²) in [5.41, 5.74) is 4.53. The topological polar surface area (TPSA) is 239 Å². The molecule has 4 aliphatic rings. The molecular weight excluding hydrogens is 881 g/mol. The third-order valence-corrected chi connectivity index (χ3v) is 13.5. The second-order valence-electron chi connectivity index (χ2n) is 18.1. The Bertz CT molecular complexity index is 2370. The van der Waals surface area contributed by atoms with Crippen LogP contribution in [0.3, 0.4) is 0 Å². The maximum absolute atomic E-state index is 14.0. The molecule has 368 valence electrons. The van der Waals surface area contributed by atoms with E-state index in [4.69, 9.17) is 0 Å². The predicted molar refractivity (Wildman–Crippen MR) is 257 cm³/mol. The van der Waals surface area contributed by atoms with Crippen LogP contribution >= 0.6 is 0 Å². The largest absolute Gasteiger partial charge is 0.347 e. The zero-order valence-electron chi connectivity index (χ0n) is 40.0. The lowest BCUT2D eigenvalue weighted by Gasteiger charge is -2.31. The minimum Gasteiger partial charge on any atom is -0.347 e. The van der Waals surface area contributed by atoms with Crippen LogP contribution in [0.25, 0.3) is 0 Å². The summed E-state index contributed by atoms with van der Waals surface area (Å²) in [5, 5.41) is 22.3. The van der Waals surface area contributed by atoms with Crippen LogP contribution in [0.15, 0.2) is 48.5 Å². The van der Waals surface area contributed by atoms with E-state index in [0.29, 0.717) is 32.2 Å². The number of aryl methyl sites for hydroxylation is 2. The van der Waals surface area contributed by atoms with Crippen LogP contribution in [0.4, 0.5) is 0 Å². The fourth-order valence-electron chi connectivity index (χ4n) is 9.46. The Morgan fingerprint density at radius 3 is 1.55 bits per heavy atom. The normalized spacial score (nSPS) is 20.9. The minimum atomic E-state index is -1.28. The Morgan fingerprint density at radius 2 is 1.07 bits per heavy atom.